The molecular formula is C15H23FN2. The van der Waals surface area contributed by atoms with Crippen molar-refractivity contribution in [3.05, 3.63) is 30.1 Å². The van der Waals surface area contributed by atoms with Crippen molar-refractivity contribution >= 4 is 5.69 Å². The number of benzene rings is 1. The fraction of sp³-hybridized carbons (Fsp3) is 0.600. The van der Waals surface area contributed by atoms with Crippen LogP contribution in [-0.2, 0) is 0 Å². The van der Waals surface area contributed by atoms with Gasteiger partial charge in [0.2, 0.25) is 0 Å². The number of para-hydroxylation sites is 1. The number of hydrogen-bond acceptors (Lipinski definition) is 2. The van der Waals surface area contributed by atoms with Crippen LogP contribution >= 0.6 is 0 Å². The molecule has 0 bridgehead atoms. The highest BCUT2D eigenvalue weighted by Gasteiger charge is 2.32. The average molecular weight is 250 g/mol. The molecule has 1 aromatic carbocycles. The van der Waals surface area contributed by atoms with Crippen LogP contribution in [0.5, 0.6) is 0 Å². The van der Waals surface area contributed by atoms with Gasteiger partial charge in [-0.25, -0.2) is 4.39 Å². The molecule has 0 heterocycles. The van der Waals surface area contributed by atoms with E-state index in [1.165, 1.54) is 38.2 Å². The number of nitrogens with zero attached hydrogens (tertiary/aromatic N) is 1. The van der Waals surface area contributed by atoms with Gasteiger partial charge in [0.05, 0.1) is 5.69 Å². The highest BCUT2D eigenvalue weighted by Crippen LogP contribution is 2.37. The molecule has 0 amide bonds. The SMILES string of the molecule is CN(CC1(CN)CCCCC1)c1ccccc1F. The second-order valence-corrected chi connectivity index (χ2v) is 5.57. The van der Waals surface area contributed by atoms with Gasteiger partial charge >= 0.3 is 0 Å². The summed E-state index contributed by atoms with van der Waals surface area (Å²) in [4.78, 5) is 2.02. The summed E-state index contributed by atoms with van der Waals surface area (Å²) in [5.74, 6) is -0.150. The predicted octanol–water partition coefficient (Wildman–Crippen LogP) is 3.17. The smallest absolute Gasteiger partial charge is 0.146 e. The summed E-state index contributed by atoms with van der Waals surface area (Å²) in [5.41, 5.74) is 6.83. The summed E-state index contributed by atoms with van der Waals surface area (Å²) < 4.78 is 13.8. The van der Waals surface area contributed by atoms with E-state index < -0.39 is 0 Å². The van der Waals surface area contributed by atoms with Crippen LogP contribution in [0.25, 0.3) is 0 Å². The van der Waals surface area contributed by atoms with Gasteiger partial charge < -0.3 is 10.6 Å². The topological polar surface area (TPSA) is 29.3 Å². The lowest BCUT2D eigenvalue weighted by molar-refractivity contribution is 0.205. The van der Waals surface area contributed by atoms with Gasteiger partial charge in [0.15, 0.2) is 0 Å². The van der Waals surface area contributed by atoms with E-state index in [2.05, 4.69) is 0 Å². The Balaban J connectivity index is 2.10. The van der Waals surface area contributed by atoms with Gasteiger partial charge in [-0.1, -0.05) is 31.4 Å². The zero-order valence-corrected chi connectivity index (χ0v) is 11.2. The summed E-state index contributed by atoms with van der Waals surface area (Å²) in [6, 6.07) is 6.96. The molecule has 3 heteroatoms. The maximum absolute atomic E-state index is 13.8. The Morgan fingerprint density at radius 3 is 2.50 bits per heavy atom. The zero-order chi connectivity index (χ0) is 13.0. The van der Waals surface area contributed by atoms with Crippen molar-refractivity contribution in [2.45, 2.75) is 32.1 Å². The van der Waals surface area contributed by atoms with Gasteiger partial charge in [0.25, 0.3) is 0 Å². The molecule has 0 atom stereocenters. The third-order valence-electron chi connectivity index (χ3n) is 4.18. The molecule has 1 fully saturated rings. The lowest BCUT2D eigenvalue weighted by Crippen LogP contribution is -2.43. The van der Waals surface area contributed by atoms with Crippen molar-refractivity contribution in [1.29, 1.82) is 0 Å². The Morgan fingerprint density at radius 1 is 1.22 bits per heavy atom. The van der Waals surface area contributed by atoms with Crippen molar-refractivity contribution in [1.82, 2.24) is 0 Å². The molecule has 0 spiro atoms. The molecule has 1 aliphatic rings. The van der Waals surface area contributed by atoms with Crippen LogP contribution in [-0.4, -0.2) is 20.1 Å². The Hall–Kier alpha value is -1.09. The lowest BCUT2D eigenvalue weighted by Gasteiger charge is -2.40. The van der Waals surface area contributed by atoms with Crippen molar-refractivity contribution in [2.24, 2.45) is 11.1 Å². The van der Waals surface area contributed by atoms with Gasteiger partial charge in [0.1, 0.15) is 5.82 Å². The Kier molecular flexibility index (Phi) is 4.23. The van der Waals surface area contributed by atoms with E-state index in [0.717, 1.165) is 6.54 Å². The molecule has 2 nitrogen and oxygen atoms in total. The van der Waals surface area contributed by atoms with E-state index in [9.17, 15) is 4.39 Å². The van der Waals surface area contributed by atoms with Crippen molar-refractivity contribution < 1.29 is 4.39 Å². The van der Waals surface area contributed by atoms with Gasteiger partial charge in [-0.3, -0.25) is 0 Å². The normalized spacial score (nSPS) is 18.6. The van der Waals surface area contributed by atoms with Crippen molar-refractivity contribution in [3.8, 4) is 0 Å². The van der Waals surface area contributed by atoms with Crippen LogP contribution < -0.4 is 10.6 Å². The van der Waals surface area contributed by atoms with E-state index in [-0.39, 0.29) is 11.2 Å². The van der Waals surface area contributed by atoms with E-state index >= 15 is 0 Å². The van der Waals surface area contributed by atoms with Crippen LogP contribution in [0.2, 0.25) is 0 Å². The summed E-state index contributed by atoms with van der Waals surface area (Å²) in [6.07, 6.45) is 6.15. The summed E-state index contributed by atoms with van der Waals surface area (Å²) in [6.45, 7) is 1.55. The molecule has 0 unspecified atom stereocenters. The molecule has 0 saturated heterocycles. The van der Waals surface area contributed by atoms with Gasteiger partial charge in [-0.15, -0.1) is 0 Å². The quantitative estimate of drug-likeness (QED) is 0.889. The second-order valence-electron chi connectivity index (χ2n) is 5.57. The number of nitrogens with two attached hydrogens (primary N) is 1. The minimum Gasteiger partial charge on any atom is -0.372 e. The summed E-state index contributed by atoms with van der Waals surface area (Å²) >= 11 is 0. The molecule has 2 rings (SSSR count). The zero-order valence-electron chi connectivity index (χ0n) is 11.2. The Labute approximate surface area is 109 Å². The maximum atomic E-state index is 13.8. The first-order chi connectivity index (χ1) is 8.67. The average Bonchev–Trinajstić information content (AvgIpc) is 2.40. The Morgan fingerprint density at radius 2 is 1.89 bits per heavy atom. The van der Waals surface area contributed by atoms with Crippen LogP contribution in [0.3, 0.4) is 0 Å². The van der Waals surface area contributed by atoms with Crippen LogP contribution in [0, 0.1) is 11.2 Å². The molecule has 1 aromatic rings. The first-order valence-electron chi connectivity index (χ1n) is 6.83. The molecule has 1 saturated carbocycles. The number of anilines is 1. The molecule has 0 radical (unpaired) electrons. The minimum absolute atomic E-state index is 0.150. The van der Waals surface area contributed by atoms with Gasteiger partial charge in [0, 0.05) is 19.0 Å². The Bertz CT molecular complexity index is 386. The first-order valence-corrected chi connectivity index (χ1v) is 6.83. The van der Waals surface area contributed by atoms with Crippen molar-refractivity contribution in [2.75, 3.05) is 25.0 Å². The molecule has 1 aliphatic carbocycles. The van der Waals surface area contributed by atoms with Crippen LogP contribution in [0.15, 0.2) is 24.3 Å². The highest BCUT2D eigenvalue weighted by molar-refractivity contribution is 5.47. The molecule has 2 N–H and O–H groups in total. The van der Waals surface area contributed by atoms with E-state index in [1.54, 1.807) is 6.07 Å². The monoisotopic (exact) mass is 250 g/mol. The summed E-state index contributed by atoms with van der Waals surface area (Å²) in [7, 11) is 1.96. The third-order valence-corrected chi connectivity index (χ3v) is 4.18. The molecule has 0 aliphatic heterocycles. The van der Waals surface area contributed by atoms with Crippen molar-refractivity contribution in [3.63, 3.8) is 0 Å². The van der Waals surface area contributed by atoms with Crippen LogP contribution in [0.4, 0.5) is 10.1 Å². The highest BCUT2D eigenvalue weighted by atomic mass is 19.1. The fourth-order valence-electron chi connectivity index (χ4n) is 3.08. The molecule has 100 valence electrons. The maximum Gasteiger partial charge on any atom is 0.146 e. The number of halogens is 1. The van der Waals surface area contributed by atoms with Gasteiger partial charge in [-0.05, 0) is 31.5 Å². The van der Waals surface area contributed by atoms with Crippen LogP contribution in [0.1, 0.15) is 32.1 Å². The molecular weight excluding hydrogens is 227 g/mol. The standard InChI is InChI=1S/C15H23FN2/c1-18(14-8-4-3-7-13(14)16)12-15(11-17)9-5-2-6-10-15/h3-4,7-8H,2,5-6,9-12,17H2,1H3. The molecule has 18 heavy (non-hydrogen) atoms. The predicted molar refractivity (Wildman–Crippen MR) is 74.2 cm³/mol. The van der Waals surface area contributed by atoms with E-state index in [4.69, 9.17) is 5.73 Å². The lowest BCUT2D eigenvalue weighted by atomic mass is 9.73. The number of hydrogen-bond donors (Lipinski definition) is 1. The van der Waals surface area contributed by atoms with E-state index in [1.807, 2.05) is 24.1 Å². The second kappa shape index (κ2) is 5.70. The number of rotatable bonds is 4. The largest absolute Gasteiger partial charge is 0.372 e. The minimum atomic E-state index is -0.150. The van der Waals surface area contributed by atoms with Gasteiger partial charge in [-0.2, -0.15) is 0 Å². The van der Waals surface area contributed by atoms with E-state index in [0.29, 0.717) is 12.2 Å². The summed E-state index contributed by atoms with van der Waals surface area (Å²) in [5, 5.41) is 0. The molecule has 0 aromatic heterocycles. The fourth-order valence-corrected chi connectivity index (χ4v) is 3.08. The third kappa shape index (κ3) is 2.83. The first kappa shape index (κ1) is 13.3.